The lowest BCUT2D eigenvalue weighted by molar-refractivity contribution is 0.0369. The van der Waals surface area contributed by atoms with E-state index in [1.165, 1.54) is 0 Å². The molecule has 1 aliphatic rings. The van der Waals surface area contributed by atoms with Gasteiger partial charge in [-0.1, -0.05) is 0 Å². The van der Waals surface area contributed by atoms with E-state index in [1.54, 1.807) is 18.3 Å². The number of ether oxygens (including phenoxy) is 2. The minimum Gasteiger partial charge on any atom is -0.459 e. The number of nitrogens with zero attached hydrogens (tertiary/aromatic N) is 1. The summed E-state index contributed by atoms with van der Waals surface area (Å²) in [5.74, 6) is -0.0614. The van der Waals surface area contributed by atoms with Crippen molar-refractivity contribution in [3.8, 4) is 5.88 Å². The third-order valence-electron chi connectivity index (χ3n) is 2.60. The zero-order chi connectivity index (χ0) is 13.0. The standard InChI is InChI=1S/C13H18N2O3/c1-9(2)17-13(16)10-5-3-8-15-12(10)18-11-6-4-7-14-11/h3,5,8-9,11,14H,4,6-7H2,1-2H3/t11-/m0/s1. The van der Waals surface area contributed by atoms with E-state index in [0.29, 0.717) is 11.4 Å². The maximum absolute atomic E-state index is 11.9. The minimum absolute atomic E-state index is 0.0644. The Morgan fingerprint density at radius 3 is 3.06 bits per heavy atom. The molecule has 1 saturated heterocycles. The average molecular weight is 250 g/mol. The number of carbonyl (C=O) groups is 1. The summed E-state index contributed by atoms with van der Waals surface area (Å²) in [7, 11) is 0. The molecule has 1 atom stereocenters. The largest absolute Gasteiger partial charge is 0.459 e. The Balaban J connectivity index is 2.11. The van der Waals surface area contributed by atoms with Gasteiger partial charge in [-0.05, 0) is 45.4 Å². The van der Waals surface area contributed by atoms with E-state index in [4.69, 9.17) is 9.47 Å². The Bertz CT molecular complexity index is 414. The Labute approximate surface area is 107 Å². The molecule has 0 aromatic carbocycles. The molecule has 18 heavy (non-hydrogen) atoms. The van der Waals surface area contributed by atoms with Crippen LogP contribution in [-0.4, -0.2) is 29.8 Å². The van der Waals surface area contributed by atoms with Crippen LogP contribution >= 0.6 is 0 Å². The van der Waals surface area contributed by atoms with Gasteiger partial charge in [0.05, 0.1) is 6.10 Å². The van der Waals surface area contributed by atoms with Crippen LogP contribution in [0.1, 0.15) is 37.0 Å². The van der Waals surface area contributed by atoms with Crippen molar-refractivity contribution < 1.29 is 14.3 Å². The van der Waals surface area contributed by atoms with Crippen molar-refractivity contribution in [3.63, 3.8) is 0 Å². The quantitative estimate of drug-likeness (QED) is 0.825. The van der Waals surface area contributed by atoms with Crippen LogP contribution in [0.15, 0.2) is 18.3 Å². The Morgan fingerprint density at radius 1 is 1.56 bits per heavy atom. The van der Waals surface area contributed by atoms with Gasteiger partial charge in [-0.15, -0.1) is 0 Å². The van der Waals surface area contributed by atoms with Gasteiger partial charge in [0.25, 0.3) is 0 Å². The smallest absolute Gasteiger partial charge is 0.343 e. The van der Waals surface area contributed by atoms with Crippen molar-refractivity contribution in [1.29, 1.82) is 0 Å². The Kier molecular flexibility index (Phi) is 4.15. The van der Waals surface area contributed by atoms with Crippen LogP contribution in [0.2, 0.25) is 0 Å². The van der Waals surface area contributed by atoms with Crippen molar-refractivity contribution in [2.75, 3.05) is 6.54 Å². The molecule has 0 amide bonds. The highest BCUT2D eigenvalue weighted by atomic mass is 16.5. The monoisotopic (exact) mass is 250 g/mol. The second-order valence-corrected chi connectivity index (χ2v) is 4.51. The third-order valence-corrected chi connectivity index (χ3v) is 2.60. The predicted molar refractivity (Wildman–Crippen MR) is 66.4 cm³/mol. The fourth-order valence-corrected chi connectivity index (χ4v) is 1.81. The van der Waals surface area contributed by atoms with Gasteiger partial charge in [0.15, 0.2) is 6.23 Å². The molecule has 5 heteroatoms. The van der Waals surface area contributed by atoms with Crippen molar-refractivity contribution in [1.82, 2.24) is 10.3 Å². The van der Waals surface area contributed by atoms with E-state index < -0.39 is 5.97 Å². The van der Waals surface area contributed by atoms with E-state index in [1.807, 2.05) is 13.8 Å². The topological polar surface area (TPSA) is 60.5 Å². The number of carbonyl (C=O) groups excluding carboxylic acids is 1. The van der Waals surface area contributed by atoms with Crippen molar-refractivity contribution in [3.05, 3.63) is 23.9 Å². The molecule has 5 nitrogen and oxygen atoms in total. The van der Waals surface area contributed by atoms with Crippen LogP contribution in [0.4, 0.5) is 0 Å². The first kappa shape index (κ1) is 12.8. The molecule has 2 rings (SSSR count). The molecule has 1 aliphatic heterocycles. The first-order valence-corrected chi connectivity index (χ1v) is 6.23. The zero-order valence-corrected chi connectivity index (χ0v) is 10.7. The number of aromatic nitrogens is 1. The number of rotatable bonds is 4. The summed E-state index contributed by atoms with van der Waals surface area (Å²) in [5.41, 5.74) is 0.375. The summed E-state index contributed by atoms with van der Waals surface area (Å²) in [6.07, 6.45) is 3.38. The SMILES string of the molecule is CC(C)OC(=O)c1cccnc1O[C@H]1CCCN1. The van der Waals surface area contributed by atoms with E-state index in [2.05, 4.69) is 10.3 Å². The first-order chi connectivity index (χ1) is 8.66. The van der Waals surface area contributed by atoms with Gasteiger partial charge < -0.3 is 9.47 Å². The number of pyridine rings is 1. The molecule has 98 valence electrons. The Morgan fingerprint density at radius 2 is 2.39 bits per heavy atom. The molecule has 2 heterocycles. The molecule has 0 saturated carbocycles. The van der Waals surface area contributed by atoms with Gasteiger partial charge in [-0.2, -0.15) is 0 Å². The fraction of sp³-hybridized carbons (Fsp3) is 0.538. The number of hydrogen-bond acceptors (Lipinski definition) is 5. The van der Waals surface area contributed by atoms with E-state index in [9.17, 15) is 4.79 Å². The normalized spacial score (nSPS) is 18.9. The molecule has 0 aliphatic carbocycles. The van der Waals surface area contributed by atoms with Crippen LogP contribution in [0, 0.1) is 0 Å². The lowest BCUT2D eigenvalue weighted by atomic mass is 10.2. The number of esters is 1. The lowest BCUT2D eigenvalue weighted by Gasteiger charge is -2.15. The molecule has 0 spiro atoms. The van der Waals surface area contributed by atoms with Crippen molar-refractivity contribution in [2.24, 2.45) is 0 Å². The van der Waals surface area contributed by atoms with Crippen LogP contribution in [0.25, 0.3) is 0 Å². The van der Waals surface area contributed by atoms with Crippen molar-refractivity contribution >= 4 is 5.97 Å². The highest BCUT2D eigenvalue weighted by Gasteiger charge is 2.21. The van der Waals surface area contributed by atoms with Crippen LogP contribution in [0.3, 0.4) is 0 Å². The van der Waals surface area contributed by atoms with Crippen LogP contribution < -0.4 is 10.1 Å². The zero-order valence-electron chi connectivity index (χ0n) is 10.7. The van der Waals surface area contributed by atoms with Gasteiger partial charge >= 0.3 is 5.97 Å². The van der Waals surface area contributed by atoms with E-state index in [-0.39, 0.29) is 12.3 Å². The molecule has 1 aromatic rings. The highest BCUT2D eigenvalue weighted by molar-refractivity contribution is 5.91. The summed E-state index contributed by atoms with van der Waals surface area (Å²) in [6, 6.07) is 3.37. The molecule has 0 radical (unpaired) electrons. The maximum Gasteiger partial charge on any atom is 0.343 e. The summed E-state index contributed by atoms with van der Waals surface area (Å²) < 4.78 is 10.8. The molecule has 1 fully saturated rings. The fourth-order valence-electron chi connectivity index (χ4n) is 1.81. The molecular weight excluding hydrogens is 232 g/mol. The van der Waals surface area contributed by atoms with Gasteiger partial charge in [0.1, 0.15) is 5.56 Å². The van der Waals surface area contributed by atoms with Gasteiger partial charge in [-0.25, -0.2) is 9.78 Å². The van der Waals surface area contributed by atoms with Crippen LogP contribution in [0.5, 0.6) is 5.88 Å². The van der Waals surface area contributed by atoms with Gasteiger partial charge in [0.2, 0.25) is 5.88 Å². The summed E-state index contributed by atoms with van der Waals surface area (Å²) in [4.78, 5) is 16.0. The second kappa shape index (κ2) is 5.82. The van der Waals surface area contributed by atoms with Gasteiger partial charge in [0, 0.05) is 6.20 Å². The summed E-state index contributed by atoms with van der Waals surface area (Å²) >= 11 is 0. The lowest BCUT2D eigenvalue weighted by Crippen LogP contribution is -2.28. The Hall–Kier alpha value is -1.62. The minimum atomic E-state index is -0.397. The highest BCUT2D eigenvalue weighted by Crippen LogP contribution is 2.19. The van der Waals surface area contributed by atoms with Crippen LogP contribution in [-0.2, 0) is 4.74 Å². The molecule has 1 N–H and O–H groups in total. The molecular formula is C13H18N2O3. The first-order valence-electron chi connectivity index (χ1n) is 6.23. The molecule has 0 bridgehead atoms. The molecule has 0 unspecified atom stereocenters. The maximum atomic E-state index is 11.9. The summed E-state index contributed by atoms with van der Waals surface area (Å²) in [6.45, 7) is 4.56. The van der Waals surface area contributed by atoms with Gasteiger partial charge in [-0.3, -0.25) is 5.32 Å². The molecule has 1 aromatic heterocycles. The average Bonchev–Trinajstić information content (AvgIpc) is 2.81. The van der Waals surface area contributed by atoms with E-state index in [0.717, 1.165) is 19.4 Å². The predicted octanol–water partition coefficient (Wildman–Crippen LogP) is 1.74. The summed E-state index contributed by atoms with van der Waals surface area (Å²) in [5, 5.41) is 3.20. The van der Waals surface area contributed by atoms with Crippen molar-refractivity contribution in [2.45, 2.75) is 39.0 Å². The third kappa shape index (κ3) is 3.20. The number of nitrogens with one attached hydrogen (secondary N) is 1. The second-order valence-electron chi connectivity index (χ2n) is 4.51. The van der Waals surface area contributed by atoms with E-state index >= 15 is 0 Å². The number of hydrogen-bond donors (Lipinski definition) is 1.